The Morgan fingerprint density at radius 3 is 1.90 bits per heavy atom. The molecule has 0 amide bonds. The van der Waals surface area contributed by atoms with Crippen LogP contribution in [0, 0.1) is 34.6 Å². The lowest BCUT2D eigenvalue weighted by Gasteiger charge is -2.25. The van der Waals surface area contributed by atoms with Gasteiger partial charge in [-0.25, -0.2) is 0 Å². The van der Waals surface area contributed by atoms with E-state index in [0.717, 1.165) is 38.9 Å². The third-order valence-corrected chi connectivity index (χ3v) is 5.29. The van der Waals surface area contributed by atoms with Gasteiger partial charge in [-0.3, -0.25) is 9.78 Å². The monoisotopic (exact) mass is 279 g/mol. The van der Waals surface area contributed by atoms with Gasteiger partial charge in [0.15, 0.2) is 5.78 Å². The number of benzene rings is 1. The highest BCUT2D eigenvalue weighted by atomic mass is 16.1. The van der Waals surface area contributed by atoms with E-state index in [4.69, 9.17) is 4.98 Å². The predicted molar refractivity (Wildman–Crippen MR) is 88.0 cm³/mol. The van der Waals surface area contributed by atoms with Crippen LogP contribution in [0.15, 0.2) is 5.57 Å². The van der Waals surface area contributed by atoms with Crippen molar-refractivity contribution in [2.75, 3.05) is 0 Å². The number of Topliss-reactive ketones (excluding diaryl/α,β-unsaturated/α-hetero) is 1. The summed E-state index contributed by atoms with van der Waals surface area (Å²) >= 11 is 0. The smallest absolute Gasteiger partial charge is 0.190 e. The lowest BCUT2D eigenvalue weighted by atomic mass is 9.79. The van der Waals surface area contributed by atoms with E-state index in [1.807, 2.05) is 20.8 Å². The van der Waals surface area contributed by atoms with Gasteiger partial charge in [0.2, 0.25) is 0 Å². The summed E-state index contributed by atoms with van der Waals surface area (Å²) in [5.74, 6) is 0.163. The number of pyridine rings is 1. The highest BCUT2D eigenvalue weighted by Crippen LogP contribution is 2.41. The molecule has 2 heteroatoms. The van der Waals surface area contributed by atoms with E-state index in [0.29, 0.717) is 0 Å². The molecule has 2 aromatic rings. The Bertz CT molecular complexity index is 869. The summed E-state index contributed by atoms with van der Waals surface area (Å²) in [5.41, 5.74) is 10.8. The van der Waals surface area contributed by atoms with Gasteiger partial charge in [0.1, 0.15) is 0 Å². The number of aryl methyl sites for hydroxylation is 2. The standard InChI is InChI=1S/C19H21NO/c1-8-9(2)15-10(3)12(5)19(21)16-13(6)14(7)20-18(11(8)4)17(15)16/h1-7H3. The molecule has 0 spiro atoms. The van der Waals surface area contributed by atoms with E-state index < -0.39 is 0 Å². The van der Waals surface area contributed by atoms with Gasteiger partial charge >= 0.3 is 0 Å². The molecule has 3 rings (SSSR count). The van der Waals surface area contributed by atoms with Gasteiger partial charge in [-0.15, -0.1) is 0 Å². The zero-order valence-electron chi connectivity index (χ0n) is 13.9. The number of carbonyl (C=O) groups excluding carboxylic acids is 1. The van der Waals surface area contributed by atoms with Crippen molar-refractivity contribution < 1.29 is 4.79 Å². The van der Waals surface area contributed by atoms with Gasteiger partial charge in [-0.05, 0) is 81.9 Å². The molecule has 108 valence electrons. The van der Waals surface area contributed by atoms with E-state index >= 15 is 0 Å². The van der Waals surface area contributed by atoms with Gasteiger partial charge in [0.25, 0.3) is 0 Å². The highest BCUT2D eigenvalue weighted by molar-refractivity contribution is 6.25. The van der Waals surface area contributed by atoms with Crippen molar-refractivity contribution >= 4 is 22.3 Å². The average molecular weight is 279 g/mol. The fourth-order valence-corrected chi connectivity index (χ4v) is 3.44. The molecule has 1 aliphatic rings. The highest BCUT2D eigenvalue weighted by Gasteiger charge is 2.29. The zero-order valence-corrected chi connectivity index (χ0v) is 13.9. The summed E-state index contributed by atoms with van der Waals surface area (Å²) in [6.07, 6.45) is 0. The van der Waals surface area contributed by atoms with Crippen LogP contribution in [0.25, 0.3) is 16.5 Å². The summed E-state index contributed by atoms with van der Waals surface area (Å²) in [6, 6.07) is 0. The molecule has 2 nitrogen and oxygen atoms in total. The number of nitrogens with zero attached hydrogens (tertiary/aromatic N) is 1. The molecule has 1 aromatic heterocycles. The fourth-order valence-electron chi connectivity index (χ4n) is 3.44. The zero-order chi connectivity index (χ0) is 15.6. The van der Waals surface area contributed by atoms with Crippen LogP contribution in [-0.2, 0) is 0 Å². The Labute approximate surface area is 125 Å². The molecular weight excluding hydrogens is 258 g/mol. The van der Waals surface area contributed by atoms with E-state index in [9.17, 15) is 4.79 Å². The van der Waals surface area contributed by atoms with E-state index in [2.05, 4.69) is 27.7 Å². The fraction of sp³-hybridized carbons (Fsp3) is 0.368. The molecule has 0 aliphatic heterocycles. The lowest BCUT2D eigenvalue weighted by Crippen LogP contribution is -2.16. The minimum atomic E-state index is 0.163. The van der Waals surface area contributed by atoms with Crippen LogP contribution < -0.4 is 0 Å². The molecule has 21 heavy (non-hydrogen) atoms. The minimum absolute atomic E-state index is 0.163. The van der Waals surface area contributed by atoms with Crippen LogP contribution in [-0.4, -0.2) is 10.8 Å². The first-order chi connectivity index (χ1) is 9.77. The third-order valence-electron chi connectivity index (χ3n) is 5.29. The summed E-state index contributed by atoms with van der Waals surface area (Å²) in [7, 11) is 0. The van der Waals surface area contributed by atoms with Crippen molar-refractivity contribution in [2.45, 2.75) is 48.5 Å². The molecule has 0 bridgehead atoms. The molecular formula is C19H21NO. The summed E-state index contributed by atoms with van der Waals surface area (Å²) in [4.78, 5) is 17.6. The van der Waals surface area contributed by atoms with Gasteiger partial charge in [0, 0.05) is 22.2 Å². The molecule has 1 aromatic carbocycles. The Balaban J connectivity index is 2.72. The Morgan fingerprint density at radius 1 is 0.667 bits per heavy atom. The Hall–Kier alpha value is -1.96. The topological polar surface area (TPSA) is 30.0 Å². The first kappa shape index (κ1) is 14.0. The second-order valence-electron chi connectivity index (χ2n) is 6.25. The molecule has 1 aliphatic carbocycles. The van der Waals surface area contributed by atoms with E-state index in [-0.39, 0.29) is 5.78 Å². The normalized spacial score (nSPS) is 14.3. The van der Waals surface area contributed by atoms with Crippen molar-refractivity contribution in [1.29, 1.82) is 0 Å². The average Bonchev–Trinajstić information content (AvgIpc) is 2.45. The van der Waals surface area contributed by atoms with Crippen LogP contribution in [0.2, 0.25) is 0 Å². The van der Waals surface area contributed by atoms with E-state index in [1.54, 1.807) is 0 Å². The SMILES string of the molecule is CC1=C(C)c2c(C)c(C)c(C)c3nc(C)c(C)c(c23)C1=O. The maximum atomic E-state index is 12.8. The van der Waals surface area contributed by atoms with Crippen LogP contribution in [0.5, 0.6) is 0 Å². The van der Waals surface area contributed by atoms with Crippen molar-refractivity contribution in [3.8, 4) is 0 Å². The van der Waals surface area contributed by atoms with Crippen molar-refractivity contribution in [1.82, 2.24) is 4.98 Å². The molecule has 0 saturated heterocycles. The number of rotatable bonds is 0. The number of hydrogen-bond acceptors (Lipinski definition) is 2. The maximum Gasteiger partial charge on any atom is 0.190 e. The summed E-state index contributed by atoms with van der Waals surface area (Å²) in [5, 5.41) is 1.06. The first-order valence-electron chi connectivity index (χ1n) is 7.40. The maximum absolute atomic E-state index is 12.8. The van der Waals surface area contributed by atoms with Crippen LogP contribution in [0.1, 0.15) is 57.7 Å². The predicted octanol–water partition coefficient (Wildman–Crippen LogP) is 4.77. The molecule has 0 unspecified atom stereocenters. The second kappa shape index (κ2) is 4.27. The summed E-state index contributed by atoms with van der Waals surface area (Å²) < 4.78 is 0. The molecule has 1 heterocycles. The lowest BCUT2D eigenvalue weighted by molar-refractivity contribution is 0.103. The van der Waals surface area contributed by atoms with Gasteiger partial charge in [-0.2, -0.15) is 0 Å². The molecule has 0 fully saturated rings. The number of aromatic nitrogens is 1. The number of carbonyl (C=O) groups is 1. The third kappa shape index (κ3) is 1.59. The van der Waals surface area contributed by atoms with Crippen molar-refractivity contribution in [3.63, 3.8) is 0 Å². The quantitative estimate of drug-likeness (QED) is 0.695. The molecule has 0 saturated carbocycles. The van der Waals surface area contributed by atoms with Gasteiger partial charge in [-0.1, -0.05) is 0 Å². The molecule has 0 N–H and O–H groups in total. The molecule has 0 atom stereocenters. The first-order valence-corrected chi connectivity index (χ1v) is 7.40. The Morgan fingerprint density at radius 2 is 1.29 bits per heavy atom. The molecule has 0 radical (unpaired) electrons. The number of hydrogen-bond donors (Lipinski definition) is 0. The van der Waals surface area contributed by atoms with Crippen molar-refractivity contribution in [2.24, 2.45) is 0 Å². The van der Waals surface area contributed by atoms with E-state index in [1.165, 1.54) is 22.3 Å². The van der Waals surface area contributed by atoms with Crippen LogP contribution in [0.4, 0.5) is 0 Å². The Kier molecular flexibility index (Phi) is 2.84. The van der Waals surface area contributed by atoms with Gasteiger partial charge < -0.3 is 0 Å². The number of ketones is 1. The van der Waals surface area contributed by atoms with Crippen molar-refractivity contribution in [3.05, 3.63) is 44.6 Å². The van der Waals surface area contributed by atoms with Crippen LogP contribution >= 0.6 is 0 Å². The largest absolute Gasteiger partial charge is 0.289 e. The number of allylic oxidation sites excluding steroid dienone is 2. The second-order valence-corrected chi connectivity index (χ2v) is 6.25. The minimum Gasteiger partial charge on any atom is -0.289 e. The summed E-state index contributed by atoms with van der Waals surface area (Å²) in [6.45, 7) is 14.4. The van der Waals surface area contributed by atoms with Gasteiger partial charge in [0.05, 0.1) is 5.52 Å². The van der Waals surface area contributed by atoms with Crippen LogP contribution in [0.3, 0.4) is 0 Å².